The zero-order valence-electron chi connectivity index (χ0n) is 10.1. The summed E-state index contributed by atoms with van der Waals surface area (Å²) in [6, 6.07) is 6.07. The second-order valence-electron chi connectivity index (χ2n) is 4.06. The third kappa shape index (κ3) is 3.42. The molecule has 5 heteroatoms. The Hall–Kier alpha value is -1.64. The number of nitrogens with zero attached hydrogens (tertiary/aromatic N) is 2. The molecule has 1 saturated heterocycles. The molecule has 1 heterocycles. The van der Waals surface area contributed by atoms with Gasteiger partial charge in [0.25, 0.3) is 0 Å². The molecule has 1 aliphatic rings. The van der Waals surface area contributed by atoms with E-state index in [1.807, 2.05) is 0 Å². The van der Waals surface area contributed by atoms with Gasteiger partial charge in [-0.1, -0.05) is 0 Å². The lowest BCUT2D eigenvalue weighted by atomic mass is 10.2. The molecule has 0 unspecified atom stereocenters. The van der Waals surface area contributed by atoms with Gasteiger partial charge in [-0.2, -0.15) is 5.26 Å². The number of benzene rings is 1. The van der Waals surface area contributed by atoms with E-state index in [0.717, 1.165) is 32.8 Å². The highest BCUT2D eigenvalue weighted by Crippen LogP contribution is 2.15. The van der Waals surface area contributed by atoms with Crippen LogP contribution in [-0.2, 0) is 4.74 Å². The van der Waals surface area contributed by atoms with Gasteiger partial charge in [0, 0.05) is 25.7 Å². The molecule has 0 amide bonds. The molecular weight excluding hydrogens is 235 g/mol. The highest BCUT2D eigenvalue weighted by molar-refractivity contribution is 5.36. The zero-order valence-corrected chi connectivity index (χ0v) is 10.1. The fourth-order valence-corrected chi connectivity index (χ4v) is 1.79. The summed E-state index contributed by atoms with van der Waals surface area (Å²) in [5.74, 6) is -0.0823. The van der Waals surface area contributed by atoms with Gasteiger partial charge >= 0.3 is 0 Å². The van der Waals surface area contributed by atoms with Crippen LogP contribution in [0.3, 0.4) is 0 Å². The Bertz CT molecular complexity index is 439. The average molecular weight is 250 g/mol. The number of morpholine rings is 1. The molecule has 1 fully saturated rings. The van der Waals surface area contributed by atoms with Crippen LogP contribution >= 0.6 is 0 Å². The van der Waals surface area contributed by atoms with E-state index in [1.54, 1.807) is 12.1 Å². The molecule has 0 saturated carbocycles. The number of rotatable bonds is 4. The van der Waals surface area contributed by atoms with E-state index in [0.29, 0.717) is 12.4 Å². The van der Waals surface area contributed by atoms with Gasteiger partial charge in [-0.15, -0.1) is 0 Å². The standard InChI is InChI=1S/C13H15FN2O2/c14-13-9-12(2-1-11(13)10-15)18-8-5-16-3-6-17-7-4-16/h1-2,9H,3-8H2. The van der Waals surface area contributed by atoms with Crippen LogP contribution in [0, 0.1) is 17.1 Å². The Morgan fingerprint density at radius 2 is 2.17 bits per heavy atom. The van der Waals surface area contributed by atoms with Crippen molar-refractivity contribution in [2.45, 2.75) is 0 Å². The smallest absolute Gasteiger partial charge is 0.144 e. The highest BCUT2D eigenvalue weighted by Gasteiger charge is 2.10. The van der Waals surface area contributed by atoms with E-state index in [2.05, 4.69) is 4.90 Å². The molecule has 1 aromatic rings. The van der Waals surface area contributed by atoms with Crippen LogP contribution in [0.15, 0.2) is 18.2 Å². The van der Waals surface area contributed by atoms with E-state index in [4.69, 9.17) is 14.7 Å². The van der Waals surface area contributed by atoms with Crippen molar-refractivity contribution in [2.24, 2.45) is 0 Å². The van der Waals surface area contributed by atoms with Gasteiger partial charge in [0.1, 0.15) is 24.2 Å². The van der Waals surface area contributed by atoms with Gasteiger partial charge < -0.3 is 9.47 Å². The first-order valence-corrected chi connectivity index (χ1v) is 5.92. The van der Waals surface area contributed by atoms with Crippen LogP contribution in [0.5, 0.6) is 5.75 Å². The first-order valence-electron chi connectivity index (χ1n) is 5.92. The van der Waals surface area contributed by atoms with Crippen LogP contribution in [0.25, 0.3) is 0 Å². The van der Waals surface area contributed by atoms with Crippen molar-refractivity contribution in [2.75, 3.05) is 39.5 Å². The molecule has 0 bridgehead atoms. The predicted octanol–water partition coefficient (Wildman–Crippen LogP) is 1.41. The first-order chi connectivity index (χ1) is 8.79. The summed E-state index contributed by atoms with van der Waals surface area (Å²) in [5, 5.41) is 8.61. The summed E-state index contributed by atoms with van der Waals surface area (Å²) in [6.07, 6.45) is 0. The normalized spacial score (nSPS) is 16.2. The maximum absolute atomic E-state index is 13.3. The molecule has 1 aromatic carbocycles. The van der Waals surface area contributed by atoms with Gasteiger partial charge in [-0.25, -0.2) is 4.39 Å². The van der Waals surface area contributed by atoms with Gasteiger partial charge in [0.2, 0.25) is 0 Å². The lowest BCUT2D eigenvalue weighted by Gasteiger charge is -2.26. The lowest BCUT2D eigenvalue weighted by molar-refractivity contribution is 0.0322. The van der Waals surface area contributed by atoms with Gasteiger partial charge in [0.05, 0.1) is 18.8 Å². The molecule has 1 aliphatic heterocycles. The van der Waals surface area contributed by atoms with Crippen LogP contribution < -0.4 is 4.74 Å². The molecule has 0 N–H and O–H groups in total. The number of nitriles is 1. The number of ether oxygens (including phenoxy) is 2. The number of halogens is 1. The molecule has 0 aromatic heterocycles. The van der Waals surface area contributed by atoms with E-state index < -0.39 is 5.82 Å². The Morgan fingerprint density at radius 1 is 1.39 bits per heavy atom. The predicted molar refractivity (Wildman–Crippen MR) is 63.9 cm³/mol. The topological polar surface area (TPSA) is 45.5 Å². The van der Waals surface area contributed by atoms with Crippen molar-refractivity contribution in [1.82, 2.24) is 4.90 Å². The Balaban J connectivity index is 1.79. The second-order valence-corrected chi connectivity index (χ2v) is 4.06. The quantitative estimate of drug-likeness (QED) is 0.810. The van der Waals surface area contributed by atoms with Crippen LogP contribution in [0.4, 0.5) is 4.39 Å². The molecular formula is C13H15FN2O2. The maximum atomic E-state index is 13.3. The third-order valence-electron chi connectivity index (χ3n) is 2.84. The molecule has 0 atom stereocenters. The summed E-state index contributed by atoms with van der Waals surface area (Å²) in [5.41, 5.74) is 0.0375. The van der Waals surface area contributed by atoms with E-state index in [1.165, 1.54) is 12.1 Å². The van der Waals surface area contributed by atoms with Gasteiger partial charge in [-0.05, 0) is 12.1 Å². The summed E-state index contributed by atoms with van der Waals surface area (Å²) in [6.45, 7) is 4.63. The van der Waals surface area contributed by atoms with Crippen molar-refractivity contribution < 1.29 is 13.9 Å². The van der Waals surface area contributed by atoms with Crippen LogP contribution in [-0.4, -0.2) is 44.4 Å². The van der Waals surface area contributed by atoms with E-state index in [-0.39, 0.29) is 5.56 Å². The summed E-state index contributed by atoms with van der Waals surface area (Å²) < 4.78 is 24.0. The lowest BCUT2D eigenvalue weighted by Crippen LogP contribution is -2.38. The van der Waals surface area contributed by atoms with Crippen molar-refractivity contribution in [3.8, 4) is 11.8 Å². The van der Waals surface area contributed by atoms with Crippen molar-refractivity contribution in [3.05, 3.63) is 29.6 Å². The first kappa shape index (κ1) is 12.8. The number of hydrogen-bond donors (Lipinski definition) is 0. The maximum Gasteiger partial charge on any atom is 0.144 e. The van der Waals surface area contributed by atoms with Gasteiger partial charge in [0.15, 0.2) is 0 Å². The van der Waals surface area contributed by atoms with Crippen molar-refractivity contribution >= 4 is 0 Å². The average Bonchev–Trinajstić information content (AvgIpc) is 2.40. The van der Waals surface area contributed by atoms with Gasteiger partial charge in [-0.3, -0.25) is 4.90 Å². The molecule has 96 valence electrons. The number of hydrogen-bond acceptors (Lipinski definition) is 4. The van der Waals surface area contributed by atoms with Crippen LogP contribution in [0.1, 0.15) is 5.56 Å². The molecule has 18 heavy (non-hydrogen) atoms. The van der Waals surface area contributed by atoms with Crippen LogP contribution in [0.2, 0.25) is 0 Å². The molecule has 4 nitrogen and oxygen atoms in total. The SMILES string of the molecule is N#Cc1ccc(OCCN2CCOCC2)cc1F. The fourth-order valence-electron chi connectivity index (χ4n) is 1.79. The molecule has 2 rings (SSSR count). The minimum absolute atomic E-state index is 0.0375. The fraction of sp³-hybridized carbons (Fsp3) is 0.462. The summed E-state index contributed by atoms with van der Waals surface area (Å²) >= 11 is 0. The summed E-state index contributed by atoms with van der Waals surface area (Å²) in [4.78, 5) is 2.24. The third-order valence-corrected chi connectivity index (χ3v) is 2.84. The van der Waals surface area contributed by atoms with E-state index >= 15 is 0 Å². The zero-order chi connectivity index (χ0) is 12.8. The second kappa shape index (κ2) is 6.34. The van der Waals surface area contributed by atoms with Crippen molar-refractivity contribution in [1.29, 1.82) is 5.26 Å². The highest BCUT2D eigenvalue weighted by atomic mass is 19.1. The minimum atomic E-state index is -0.540. The minimum Gasteiger partial charge on any atom is -0.492 e. The summed E-state index contributed by atoms with van der Waals surface area (Å²) in [7, 11) is 0. The molecule has 0 aliphatic carbocycles. The Kier molecular flexibility index (Phi) is 4.51. The largest absolute Gasteiger partial charge is 0.492 e. The monoisotopic (exact) mass is 250 g/mol. The van der Waals surface area contributed by atoms with E-state index in [9.17, 15) is 4.39 Å². The Labute approximate surface area is 106 Å². The van der Waals surface area contributed by atoms with Crippen molar-refractivity contribution in [3.63, 3.8) is 0 Å². The molecule has 0 radical (unpaired) electrons. The Morgan fingerprint density at radius 3 is 2.83 bits per heavy atom. The molecule has 0 spiro atoms.